The van der Waals surface area contributed by atoms with E-state index in [0.29, 0.717) is 24.7 Å². The third kappa shape index (κ3) is 3.35. The Balaban J connectivity index is 1.47. The molecule has 2 aliphatic heterocycles. The molecule has 0 radical (unpaired) electrons. The Morgan fingerprint density at radius 2 is 1.86 bits per heavy atom. The lowest BCUT2D eigenvalue weighted by molar-refractivity contribution is -0.137. The molecular formula is C18H18F3N5O2. The van der Waals surface area contributed by atoms with E-state index in [2.05, 4.69) is 15.3 Å². The molecule has 28 heavy (non-hydrogen) atoms. The molecule has 2 fully saturated rings. The van der Waals surface area contributed by atoms with Gasteiger partial charge in [0.15, 0.2) is 0 Å². The van der Waals surface area contributed by atoms with Gasteiger partial charge in [-0.15, -0.1) is 0 Å². The average Bonchev–Trinajstić information content (AvgIpc) is 3.29. The largest absolute Gasteiger partial charge is 0.416 e. The Bertz CT molecular complexity index is 874. The van der Waals surface area contributed by atoms with Crippen LogP contribution in [0.2, 0.25) is 0 Å². The number of rotatable bonds is 4. The lowest BCUT2D eigenvalue weighted by Crippen LogP contribution is -2.47. The van der Waals surface area contributed by atoms with Crippen molar-refractivity contribution in [3.05, 3.63) is 47.8 Å². The van der Waals surface area contributed by atoms with Gasteiger partial charge in [-0.25, -0.2) is 9.97 Å². The summed E-state index contributed by atoms with van der Waals surface area (Å²) < 4.78 is 38.9. The Morgan fingerprint density at radius 3 is 2.46 bits per heavy atom. The molecule has 2 bridgehead atoms. The van der Waals surface area contributed by atoms with Gasteiger partial charge in [-0.1, -0.05) is 6.07 Å². The van der Waals surface area contributed by atoms with Crippen LogP contribution in [0.4, 0.5) is 24.8 Å². The number of aromatic nitrogens is 2. The number of carbonyl (C=O) groups excluding carboxylic acids is 1. The van der Waals surface area contributed by atoms with Gasteiger partial charge in [0.2, 0.25) is 5.95 Å². The molecule has 0 saturated carbocycles. The van der Waals surface area contributed by atoms with Crippen LogP contribution in [0.3, 0.4) is 0 Å². The second-order valence-electron chi connectivity index (χ2n) is 6.83. The number of hydrogen-bond donors (Lipinski definition) is 2. The Hall–Kier alpha value is -2.88. The summed E-state index contributed by atoms with van der Waals surface area (Å²) in [6.07, 6.45) is -0.765. The Kier molecular flexibility index (Phi) is 4.58. The summed E-state index contributed by atoms with van der Waals surface area (Å²) in [6.45, 7) is 0.715. The quantitative estimate of drug-likeness (QED) is 0.769. The molecule has 1 aromatic heterocycles. The predicted molar refractivity (Wildman–Crippen MR) is 94.9 cm³/mol. The maximum atomic E-state index is 13.0. The van der Waals surface area contributed by atoms with Gasteiger partial charge in [-0.2, -0.15) is 13.2 Å². The number of alkyl halides is 3. The molecule has 2 aromatic rings. The molecule has 2 N–H and O–H groups in total. The molecule has 10 heteroatoms. The lowest BCUT2D eigenvalue weighted by Gasteiger charge is -2.35. The molecule has 2 aliphatic rings. The molecule has 1 aromatic carbocycles. The number of aliphatic hydroxyl groups is 1. The number of carbonyl (C=O) groups is 1. The van der Waals surface area contributed by atoms with Crippen molar-refractivity contribution in [1.82, 2.24) is 15.3 Å². The van der Waals surface area contributed by atoms with Crippen LogP contribution in [0.5, 0.6) is 0 Å². The minimum Gasteiger partial charge on any atom is -0.376 e. The summed E-state index contributed by atoms with van der Waals surface area (Å²) in [4.78, 5) is 24.1. The van der Waals surface area contributed by atoms with Crippen LogP contribution in [0.15, 0.2) is 36.7 Å². The highest BCUT2D eigenvalue weighted by atomic mass is 19.4. The maximum absolute atomic E-state index is 13.0. The van der Waals surface area contributed by atoms with E-state index in [9.17, 15) is 18.0 Å². The minimum absolute atomic E-state index is 0.0782. The summed E-state index contributed by atoms with van der Waals surface area (Å²) in [7, 11) is 0. The number of nitrogens with zero attached hydrogens (tertiary/aromatic N) is 4. The van der Waals surface area contributed by atoms with Crippen molar-refractivity contribution in [2.75, 3.05) is 29.6 Å². The summed E-state index contributed by atoms with van der Waals surface area (Å²) in [5.41, 5.74) is 0.163. The highest BCUT2D eigenvalue weighted by molar-refractivity contribution is 5.93. The number of amides is 1. The van der Waals surface area contributed by atoms with Gasteiger partial charge >= 0.3 is 6.18 Å². The zero-order valence-electron chi connectivity index (χ0n) is 14.7. The van der Waals surface area contributed by atoms with E-state index < -0.39 is 24.4 Å². The number of piperazine rings is 1. The highest BCUT2D eigenvalue weighted by Crippen LogP contribution is 2.38. The number of anilines is 2. The minimum atomic E-state index is -4.36. The number of benzene rings is 1. The van der Waals surface area contributed by atoms with Crippen molar-refractivity contribution < 1.29 is 23.1 Å². The third-order valence-corrected chi connectivity index (χ3v) is 5.14. The fraction of sp³-hybridized carbons (Fsp3) is 0.389. The van der Waals surface area contributed by atoms with Gasteiger partial charge in [-0.3, -0.25) is 4.79 Å². The molecule has 3 heterocycles. The third-order valence-electron chi connectivity index (χ3n) is 5.14. The summed E-state index contributed by atoms with van der Waals surface area (Å²) >= 11 is 0. The highest BCUT2D eigenvalue weighted by Gasteiger charge is 2.44. The van der Waals surface area contributed by atoms with Crippen LogP contribution in [-0.2, 0) is 6.18 Å². The fourth-order valence-electron chi connectivity index (χ4n) is 3.85. The monoisotopic (exact) mass is 393 g/mol. The molecule has 4 rings (SSSR count). The number of fused-ring (bicyclic) bond motifs is 2. The number of halogens is 3. The number of aliphatic hydroxyl groups excluding tert-OH is 1. The molecule has 2 unspecified atom stereocenters. The zero-order valence-corrected chi connectivity index (χ0v) is 14.7. The zero-order chi connectivity index (χ0) is 19.9. The van der Waals surface area contributed by atoms with E-state index in [0.717, 1.165) is 12.5 Å². The van der Waals surface area contributed by atoms with Crippen LogP contribution in [0.1, 0.15) is 22.3 Å². The van der Waals surface area contributed by atoms with Gasteiger partial charge in [0.1, 0.15) is 6.73 Å². The first-order valence-corrected chi connectivity index (χ1v) is 8.78. The molecule has 2 saturated heterocycles. The first kappa shape index (κ1) is 18.5. The molecular weight excluding hydrogens is 375 g/mol. The predicted octanol–water partition coefficient (Wildman–Crippen LogP) is 1.64. The van der Waals surface area contributed by atoms with E-state index in [4.69, 9.17) is 5.11 Å². The first-order chi connectivity index (χ1) is 13.4. The van der Waals surface area contributed by atoms with Crippen molar-refractivity contribution in [2.24, 2.45) is 0 Å². The normalized spacial score (nSPS) is 21.3. The summed E-state index contributed by atoms with van der Waals surface area (Å²) in [6, 6.07) is 5.57. The Labute approximate surface area is 158 Å². The second kappa shape index (κ2) is 6.93. The van der Waals surface area contributed by atoms with E-state index in [1.54, 1.807) is 6.07 Å². The van der Waals surface area contributed by atoms with Crippen molar-refractivity contribution in [2.45, 2.75) is 24.7 Å². The van der Waals surface area contributed by atoms with Gasteiger partial charge in [0, 0.05) is 37.2 Å². The number of nitrogens with one attached hydrogen (secondary N) is 1. The van der Waals surface area contributed by atoms with Crippen LogP contribution in [-0.4, -0.2) is 52.9 Å². The van der Waals surface area contributed by atoms with Gasteiger partial charge in [0.25, 0.3) is 5.91 Å². The smallest absolute Gasteiger partial charge is 0.376 e. The van der Waals surface area contributed by atoms with Crippen molar-refractivity contribution in [3.8, 4) is 0 Å². The second-order valence-corrected chi connectivity index (χ2v) is 6.83. The topological polar surface area (TPSA) is 81.6 Å². The average molecular weight is 393 g/mol. The summed E-state index contributed by atoms with van der Waals surface area (Å²) in [5, 5.41) is 11.0. The van der Waals surface area contributed by atoms with Crippen LogP contribution < -0.4 is 15.1 Å². The molecule has 0 spiro atoms. The van der Waals surface area contributed by atoms with Gasteiger partial charge < -0.3 is 20.2 Å². The summed E-state index contributed by atoms with van der Waals surface area (Å²) in [5.74, 6) is 0.0180. The van der Waals surface area contributed by atoms with Gasteiger partial charge in [0.05, 0.1) is 17.2 Å². The molecule has 1 amide bonds. The molecule has 148 valence electrons. The van der Waals surface area contributed by atoms with E-state index in [-0.39, 0.29) is 17.6 Å². The molecule has 7 nitrogen and oxygen atoms in total. The fourth-order valence-corrected chi connectivity index (χ4v) is 3.85. The molecule has 2 atom stereocenters. The maximum Gasteiger partial charge on any atom is 0.416 e. The van der Waals surface area contributed by atoms with Crippen molar-refractivity contribution >= 4 is 17.5 Å². The lowest BCUT2D eigenvalue weighted by atomic mass is 10.1. The van der Waals surface area contributed by atoms with E-state index in [1.165, 1.54) is 24.5 Å². The Morgan fingerprint density at radius 1 is 1.18 bits per heavy atom. The van der Waals surface area contributed by atoms with E-state index in [1.807, 2.05) is 9.80 Å². The van der Waals surface area contributed by atoms with Gasteiger partial charge in [-0.05, 0) is 24.6 Å². The van der Waals surface area contributed by atoms with Crippen LogP contribution >= 0.6 is 0 Å². The van der Waals surface area contributed by atoms with Crippen LogP contribution in [0.25, 0.3) is 0 Å². The first-order valence-electron chi connectivity index (χ1n) is 8.78. The molecule has 0 aliphatic carbocycles. The number of hydrogen-bond acceptors (Lipinski definition) is 6. The SMILES string of the molecule is O=C(NCO)c1cnc(N2CC3CC2CN3c2cccc(C(F)(F)F)c2)nc1. The van der Waals surface area contributed by atoms with Crippen molar-refractivity contribution in [3.63, 3.8) is 0 Å². The standard InChI is InChI=1S/C18H18F3N5O2/c19-18(20,21)12-2-1-3-13(4-12)25-8-15-5-14(25)9-26(15)17-22-6-11(7-23-17)16(28)24-10-27/h1-4,6-7,14-15,27H,5,8-10H2,(H,24,28). The van der Waals surface area contributed by atoms with Crippen molar-refractivity contribution in [1.29, 1.82) is 0 Å². The van der Waals surface area contributed by atoms with E-state index >= 15 is 0 Å². The van der Waals surface area contributed by atoms with Crippen LogP contribution in [0, 0.1) is 0 Å².